The van der Waals surface area contributed by atoms with Gasteiger partial charge in [0.05, 0.1) is 12.3 Å². The van der Waals surface area contributed by atoms with Crippen molar-refractivity contribution in [1.29, 1.82) is 0 Å². The average molecular weight is 205 g/mol. The van der Waals surface area contributed by atoms with E-state index in [0.29, 0.717) is 13.0 Å². The fourth-order valence-electron chi connectivity index (χ4n) is 1.63. The van der Waals surface area contributed by atoms with E-state index in [9.17, 15) is 4.79 Å². The van der Waals surface area contributed by atoms with Gasteiger partial charge in [-0.1, -0.05) is 0 Å². The van der Waals surface area contributed by atoms with E-state index >= 15 is 0 Å². The van der Waals surface area contributed by atoms with Crippen LogP contribution in [-0.2, 0) is 4.79 Å². The lowest BCUT2D eigenvalue weighted by molar-refractivity contribution is -0.116. The van der Waals surface area contributed by atoms with E-state index in [4.69, 9.17) is 4.74 Å². The smallest absolute Gasteiger partial charge is 0.224 e. The maximum Gasteiger partial charge on any atom is 0.224 e. The third-order valence-corrected chi connectivity index (χ3v) is 2.68. The number of fused-ring (bicyclic) bond motifs is 1. The van der Waals surface area contributed by atoms with Crippen molar-refractivity contribution in [3.63, 3.8) is 0 Å². The lowest BCUT2D eigenvalue weighted by Gasteiger charge is -2.17. The van der Waals surface area contributed by atoms with Gasteiger partial charge < -0.3 is 10.1 Å². The Hall–Kier alpha value is -1.51. The van der Waals surface area contributed by atoms with Crippen LogP contribution in [0.15, 0.2) is 12.1 Å². The lowest BCUT2D eigenvalue weighted by atomic mass is 10.1. The number of carbonyl (C=O) groups is 1. The van der Waals surface area contributed by atoms with Crippen LogP contribution in [0.4, 0.5) is 5.69 Å². The fourth-order valence-corrected chi connectivity index (χ4v) is 1.63. The van der Waals surface area contributed by atoms with E-state index in [1.54, 1.807) is 0 Å². The number of anilines is 1. The molecule has 1 aromatic rings. The Morgan fingerprint density at radius 2 is 2.00 bits per heavy atom. The molecule has 1 aliphatic heterocycles. The Bertz CT molecular complexity index is 399. The number of hydrogen-bond donors (Lipinski definition) is 1. The first-order valence-corrected chi connectivity index (χ1v) is 5.21. The molecule has 1 heterocycles. The number of hydrogen-bond acceptors (Lipinski definition) is 2. The zero-order valence-corrected chi connectivity index (χ0v) is 9.09. The molecule has 0 aliphatic carbocycles. The highest BCUT2D eigenvalue weighted by Crippen LogP contribution is 2.29. The van der Waals surface area contributed by atoms with Gasteiger partial charge in [0.1, 0.15) is 5.75 Å². The van der Waals surface area contributed by atoms with Crippen LogP contribution < -0.4 is 10.1 Å². The molecule has 3 nitrogen and oxygen atoms in total. The Morgan fingerprint density at radius 1 is 1.27 bits per heavy atom. The summed E-state index contributed by atoms with van der Waals surface area (Å²) >= 11 is 0. The highest BCUT2D eigenvalue weighted by Gasteiger charge is 2.13. The SMILES string of the molecule is Cc1cc2c(cc1C)OCCCC(=O)N2. The first-order chi connectivity index (χ1) is 7.16. The van der Waals surface area contributed by atoms with Crippen molar-refractivity contribution in [2.75, 3.05) is 11.9 Å². The molecule has 0 unspecified atom stereocenters. The number of amides is 1. The van der Waals surface area contributed by atoms with Crippen molar-refractivity contribution in [3.8, 4) is 5.75 Å². The molecule has 1 N–H and O–H groups in total. The van der Waals surface area contributed by atoms with Crippen LogP contribution in [0.25, 0.3) is 0 Å². The number of aryl methyl sites for hydroxylation is 2. The highest BCUT2D eigenvalue weighted by molar-refractivity contribution is 5.92. The molecule has 80 valence electrons. The van der Waals surface area contributed by atoms with Gasteiger partial charge in [-0.25, -0.2) is 0 Å². The van der Waals surface area contributed by atoms with Gasteiger partial charge in [-0.3, -0.25) is 4.79 Å². The summed E-state index contributed by atoms with van der Waals surface area (Å²) in [6.45, 7) is 4.68. The molecule has 15 heavy (non-hydrogen) atoms. The average Bonchev–Trinajstić information content (AvgIpc) is 2.17. The maximum atomic E-state index is 11.4. The predicted molar refractivity (Wildman–Crippen MR) is 59.3 cm³/mol. The van der Waals surface area contributed by atoms with Gasteiger partial charge >= 0.3 is 0 Å². The van der Waals surface area contributed by atoms with E-state index in [0.717, 1.165) is 17.9 Å². The third-order valence-electron chi connectivity index (χ3n) is 2.68. The Balaban J connectivity index is 2.41. The van der Waals surface area contributed by atoms with Crippen molar-refractivity contribution in [3.05, 3.63) is 23.3 Å². The van der Waals surface area contributed by atoms with Gasteiger partial charge in [0.15, 0.2) is 0 Å². The maximum absolute atomic E-state index is 11.4. The molecule has 0 fully saturated rings. The summed E-state index contributed by atoms with van der Waals surface area (Å²) in [7, 11) is 0. The van der Waals surface area contributed by atoms with Gasteiger partial charge in [-0.15, -0.1) is 0 Å². The second kappa shape index (κ2) is 3.93. The molecule has 3 heteroatoms. The molecule has 0 aromatic heterocycles. The third kappa shape index (κ3) is 2.12. The summed E-state index contributed by atoms with van der Waals surface area (Å²) < 4.78 is 5.60. The normalized spacial score (nSPS) is 15.7. The first kappa shape index (κ1) is 10.0. The molecule has 1 amide bonds. The van der Waals surface area contributed by atoms with Crippen molar-refractivity contribution in [1.82, 2.24) is 0 Å². The van der Waals surface area contributed by atoms with Gasteiger partial charge in [0.2, 0.25) is 5.91 Å². The van der Waals surface area contributed by atoms with Crippen LogP contribution in [0, 0.1) is 13.8 Å². The van der Waals surface area contributed by atoms with E-state index in [1.165, 1.54) is 11.1 Å². The van der Waals surface area contributed by atoms with Crippen LogP contribution >= 0.6 is 0 Å². The Morgan fingerprint density at radius 3 is 2.80 bits per heavy atom. The van der Waals surface area contributed by atoms with Crippen LogP contribution in [0.3, 0.4) is 0 Å². The van der Waals surface area contributed by atoms with E-state index < -0.39 is 0 Å². The molecule has 1 aliphatic rings. The monoisotopic (exact) mass is 205 g/mol. The molecule has 0 bridgehead atoms. The van der Waals surface area contributed by atoms with Gasteiger partial charge in [0.25, 0.3) is 0 Å². The molecular weight excluding hydrogens is 190 g/mol. The van der Waals surface area contributed by atoms with Crippen LogP contribution in [0.2, 0.25) is 0 Å². The minimum Gasteiger partial charge on any atom is -0.491 e. The second-order valence-corrected chi connectivity index (χ2v) is 3.93. The molecule has 0 saturated carbocycles. The molecule has 0 spiro atoms. The van der Waals surface area contributed by atoms with Gasteiger partial charge in [0, 0.05) is 6.42 Å². The van der Waals surface area contributed by atoms with E-state index in [-0.39, 0.29) is 5.91 Å². The van der Waals surface area contributed by atoms with Gasteiger partial charge in [-0.05, 0) is 43.5 Å². The van der Waals surface area contributed by atoms with Crippen molar-refractivity contribution in [2.45, 2.75) is 26.7 Å². The zero-order chi connectivity index (χ0) is 10.8. The summed E-state index contributed by atoms with van der Waals surface area (Å²) in [5.41, 5.74) is 3.14. The second-order valence-electron chi connectivity index (χ2n) is 3.93. The molecule has 0 radical (unpaired) electrons. The number of nitrogens with one attached hydrogen (secondary N) is 1. The molecular formula is C12H15NO2. The van der Waals surface area contributed by atoms with Crippen molar-refractivity contribution < 1.29 is 9.53 Å². The first-order valence-electron chi connectivity index (χ1n) is 5.21. The summed E-state index contributed by atoms with van der Waals surface area (Å²) in [5, 5.41) is 2.87. The lowest BCUT2D eigenvalue weighted by Crippen LogP contribution is -2.17. The van der Waals surface area contributed by atoms with E-state index in [2.05, 4.69) is 5.32 Å². The van der Waals surface area contributed by atoms with Crippen LogP contribution in [-0.4, -0.2) is 12.5 Å². The highest BCUT2D eigenvalue weighted by atomic mass is 16.5. The van der Waals surface area contributed by atoms with Crippen LogP contribution in [0.5, 0.6) is 5.75 Å². The quantitative estimate of drug-likeness (QED) is 0.706. The molecule has 0 saturated heterocycles. The summed E-state index contributed by atoms with van der Waals surface area (Å²) in [6.07, 6.45) is 1.31. The number of benzene rings is 1. The fraction of sp³-hybridized carbons (Fsp3) is 0.417. The van der Waals surface area contributed by atoms with Crippen molar-refractivity contribution >= 4 is 11.6 Å². The van der Waals surface area contributed by atoms with Crippen molar-refractivity contribution in [2.24, 2.45) is 0 Å². The topological polar surface area (TPSA) is 38.3 Å². The summed E-state index contributed by atoms with van der Waals surface area (Å²) in [4.78, 5) is 11.4. The predicted octanol–water partition coefficient (Wildman–Crippen LogP) is 2.41. The Kier molecular flexibility index (Phi) is 2.62. The largest absolute Gasteiger partial charge is 0.491 e. The molecule has 1 aromatic carbocycles. The number of ether oxygens (including phenoxy) is 1. The van der Waals surface area contributed by atoms with Crippen LogP contribution in [0.1, 0.15) is 24.0 Å². The zero-order valence-electron chi connectivity index (χ0n) is 9.09. The Labute approximate surface area is 89.4 Å². The van der Waals surface area contributed by atoms with Gasteiger partial charge in [-0.2, -0.15) is 0 Å². The minimum atomic E-state index is 0.0720. The standard InChI is InChI=1S/C12H15NO2/c1-8-6-10-11(7-9(8)2)15-5-3-4-12(14)13-10/h6-7H,3-5H2,1-2H3,(H,13,14). The number of rotatable bonds is 0. The number of carbonyl (C=O) groups excluding carboxylic acids is 1. The molecule has 2 rings (SSSR count). The van der Waals surface area contributed by atoms with E-state index in [1.807, 2.05) is 26.0 Å². The minimum absolute atomic E-state index is 0.0720. The molecule has 0 atom stereocenters. The summed E-state index contributed by atoms with van der Waals surface area (Å²) in [6, 6.07) is 3.95. The summed E-state index contributed by atoms with van der Waals surface area (Å²) in [5.74, 6) is 0.856.